The zero-order valence-electron chi connectivity index (χ0n) is 9.21. The maximum absolute atomic E-state index is 11.5. The van der Waals surface area contributed by atoms with Crippen molar-refractivity contribution in [2.75, 3.05) is 26.3 Å². The van der Waals surface area contributed by atoms with Gasteiger partial charge in [-0.25, -0.2) is 4.79 Å². The Morgan fingerprint density at radius 1 is 1.57 bits per heavy atom. The molecule has 1 heterocycles. The molecule has 0 unspecified atom stereocenters. The van der Waals surface area contributed by atoms with Gasteiger partial charge in [0, 0.05) is 13.2 Å². The molecule has 0 saturated carbocycles. The quantitative estimate of drug-likeness (QED) is 0.647. The summed E-state index contributed by atoms with van der Waals surface area (Å²) >= 11 is 0. The Morgan fingerprint density at radius 2 is 2.29 bits per heavy atom. The molecule has 0 aromatic heterocycles. The van der Waals surface area contributed by atoms with Crippen LogP contribution in [-0.2, 0) is 9.47 Å². The zero-order chi connectivity index (χ0) is 10.6. The second-order valence-electron chi connectivity index (χ2n) is 4.08. The van der Waals surface area contributed by atoms with Crippen molar-refractivity contribution >= 4 is 6.09 Å². The summed E-state index contributed by atoms with van der Waals surface area (Å²) in [7, 11) is 0. The van der Waals surface area contributed by atoms with E-state index in [1.807, 2.05) is 20.8 Å². The summed E-state index contributed by atoms with van der Waals surface area (Å²) in [6.07, 6.45) is 0.647. The van der Waals surface area contributed by atoms with Gasteiger partial charge in [0.1, 0.15) is 0 Å². The van der Waals surface area contributed by atoms with Gasteiger partial charge in [-0.05, 0) is 27.2 Å². The van der Waals surface area contributed by atoms with E-state index in [9.17, 15) is 4.79 Å². The first-order valence-corrected chi connectivity index (χ1v) is 5.11. The highest BCUT2D eigenvalue weighted by atomic mass is 16.6. The maximum atomic E-state index is 11.5. The summed E-state index contributed by atoms with van der Waals surface area (Å²) in [5, 5.41) is 0. The van der Waals surface area contributed by atoms with E-state index in [0.29, 0.717) is 19.8 Å². The van der Waals surface area contributed by atoms with Crippen LogP contribution in [0.25, 0.3) is 0 Å². The van der Waals surface area contributed by atoms with Crippen molar-refractivity contribution in [1.29, 1.82) is 0 Å². The van der Waals surface area contributed by atoms with Gasteiger partial charge in [0.25, 0.3) is 0 Å². The Hall–Kier alpha value is -0.770. The van der Waals surface area contributed by atoms with Crippen LogP contribution in [0.1, 0.15) is 27.2 Å². The first kappa shape index (κ1) is 11.3. The minimum absolute atomic E-state index is 0.230. The topological polar surface area (TPSA) is 38.8 Å². The van der Waals surface area contributed by atoms with Crippen LogP contribution in [0.15, 0.2) is 0 Å². The predicted octanol–water partition coefficient (Wildman–Crippen LogP) is 1.64. The maximum Gasteiger partial charge on any atom is 0.409 e. The Morgan fingerprint density at radius 3 is 2.93 bits per heavy atom. The molecule has 0 spiro atoms. The molecule has 4 nitrogen and oxygen atoms in total. The fourth-order valence-electron chi connectivity index (χ4n) is 1.56. The Kier molecular flexibility index (Phi) is 3.75. The summed E-state index contributed by atoms with van der Waals surface area (Å²) < 4.78 is 10.6. The van der Waals surface area contributed by atoms with Gasteiger partial charge in [0.05, 0.1) is 18.8 Å². The van der Waals surface area contributed by atoms with E-state index in [-0.39, 0.29) is 11.7 Å². The van der Waals surface area contributed by atoms with Gasteiger partial charge in [0.2, 0.25) is 0 Å². The lowest BCUT2D eigenvalue weighted by molar-refractivity contribution is -0.0171. The van der Waals surface area contributed by atoms with Crippen molar-refractivity contribution in [3.8, 4) is 0 Å². The van der Waals surface area contributed by atoms with Crippen LogP contribution in [0.3, 0.4) is 0 Å². The third kappa shape index (κ3) is 3.18. The predicted molar refractivity (Wildman–Crippen MR) is 53.2 cm³/mol. The van der Waals surface area contributed by atoms with E-state index in [1.54, 1.807) is 4.90 Å². The molecule has 1 aliphatic heterocycles. The van der Waals surface area contributed by atoms with Crippen LogP contribution in [0.2, 0.25) is 0 Å². The van der Waals surface area contributed by atoms with Crippen LogP contribution in [0, 0.1) is 0 Å². The standard InChI is InChI=1S/C10H19NO3/c1-4-13-9(12)11-6-5-7-14-10(2,3)8-11/h4-8H2,1-3H3. The second-order valence-corrected chi connectivity index (χ2v) is 4.08. The minimum atomic E-state index is -0.261. The summed E-state index contributed by atoms with van der Waals surface area (Å²) in [5.41, 5.74) is -0.261. The zero-order valence-corrected chi connectivity index (χ0v) is 9.21. The van der Waals surface area contributed by atoms with Crippen LogP contribution in [0.4, 0.5) is 4.79 Å². The lowest BCUT2D eigenvalue weighted by atomic mass is 10.1. The molecule has 0 aromatic carbocycles. The summed E-state index contributed by atoms with van der Waals surface area (Å²) in [4.78, 5) is 13.2. The minimum Gasteiger partial charge on any atom is -0.450 e. The first-order chi connectivity index (χ1) is 6.55. The molecule has 1 rings (SSSR count). The number of carbonyl (C=O) groups excluding carboxylic acids is 1. The SMILES string of the molecule is CCOC(=O)N1CCCOC(C)(C)C1. The van der Waals surface area contributed by atoms with Gasteiger partial charge in [-0.3, -0.25) is 0 Å². The van der Waals surface area contributed by atoms with Gasteiger partial charge in [-0.1, -0.05) is 0 Å². The van der Waals surface area contributed by atoms with Gasteiger partial charge in [-0.15, -0.1) is 0 Å². The monoisotopic (exact) mass is 201 g/mol. The van der Waals surface area contributed by atoms with Crippen LogP contribution in [0.5, 0.6) is 0 Å². The molecular weight excluding hydrogens is 182 g/mol. The highest BCUT2D eigenvalue weighted by Crippen LogP contribution is 2.16. The van der Waals surface area contributed by atoms with Gasteiger partial charge < -0.3 is 14.4 Å². The number of hydrogen-bond donors (Lipinski definition) is 0. The average Bonchev–Trinajstić information content (AvgIpc) is 2.27. The average molecular weight is 201 g/mol. The van der Waals surface area contributed by atoms with Gasteiger partial charge in [-0.2, -0.15) is 0 Å². The normalized spacial score (nSPS) is 21.5. The van der Waals surface area contributed by atoms with E-state index >= 15 is 0 Å². The molecule has 4 heteroatoms. The molecule has 0 radical (unpaired) electrons. The summed E-state index contributed by atoms with van der Waals surface area (Å²) in [6.45, 7) is 8.26. The fourth-order valence-corrected chi connectivity index (χ4v) is 1.56. The molecule has 82 valence electrons. The van der Waals surface area contributed by atoms with Crippen LogP contribution in [-0.4, -0.2) is 42.9 Å². The molecule has 0 bridgehead atoms. The molecule has 0 aliphatic carbocycles. The second kappa shape index (κ2) is 4.64. The van der Waals surface area contributed by atoms with E-state index in [1.165, 1.54) is 0 Å². The molecule has 14 heavy (non-hydrogen) atoms. The number of amides is 1. The largest absolute Gasteiger partial charge is 0.450 e. The number of ether oxygens (including phenoxy) is 2. The highest BCUT2D eigenvalue weighted by molar-refractivity contribution is 5.67. The lowest BCUT2D eigenvalue weighted by Crippen LogP contribution is -2.42. The fraction of sp³-hybridized carbons (Fsp3) is 0.900. The number of hydrogen-bond acceptors (Lipinski definition) is 3. The number of nitrogens with zero attached hydrogens (tertiary/aromatic N) is 1. The third-order valence-corrected chi connectivity index (χ3v) is 2.16. The Balaban J connectivity index is 2.55. The van der Waals surface area contributed by atoms with Crippen molar-refractivity contribution in [2.45, 2.75) is 32.8 Å². The number of rotatable bonds is 1. The number of carbonyl (C=O) groups is 1. The van der Waals surface area contributed by atoms with Crippen molar-refractivity contribution in [3.63, 3.8) is 0 Å². The van der Waals surface area contributed by atoms with Crippen molar-refractivity contribution < 1.29 is 14.3 Å². The third-order valence-electron chi connectivity index (χ3n) is 2.16. The molecule has 0 N–H and O–H groups in total. The first-order valence-electron chi connectivity index (χ1n) is 5.11. The van der Waals surface area contributed by atoms with Gasteiger partial charge in [0.15, 0.2) is 0 Å². The molecule has 1 fully saturated rings. The molecule has 0 atom stereocenters. The summed E-state index contributed by atoms with van der Waals surface area (Å²) in [5.74, 6) is 0. The lowest BCUT2D eigenvalue weighted by Gasteiger charge is -2.28. The van der Waals surface area contributed by atoms with Crippen LogP contribution < -0.4 is 0 Å². The van der Waals surface area contributed by atoms with Gasteiger partial charge >= 0.3 is 6.09 Å². The molecule has 1 saturated heterocycles. The smallest absolute Gasteiger partial charge is 0.409 e. The molecule has 1 amide bonds. The van der Waals surface area contributed by atoms with E-state index in [0.717, 1.165) is 13.0 Å². The van der Waals surface area contributed by atoms with Crippen LogP contribution >= 0.6 is 0 Å². The summed E-state index contributed by atoms with van der Waals surface area (Å²) in [6, 6.07) is 0. The Bertz CT molecular complexity index is 204. The highest BCUT2D eigenvalue weighted by Gasteiger charge is 2.28. The van der Waals surface area contributed by atoms with E-state index < -0.39 is 0 Å². The molecular formula is C10H19NO3. The van der Waals surface area contributed by atoms with E-state index in [2.05, 4.69) is 0 Å². The molecule has 1 aliphatic rings. The van der Waals surface area contributed by atoms with Crippen molar-refractivity contribution in [1.82, 2.24) is 4.90 Å². The van der Waals surface area contributed by atoms with E-state index in [4.69, 9.17) is 9.47 Å². The molecule has 0 aromatic rings. The Labute approximate surface area is 85.2 Å². The van der Waals surface area contributed by atoms with Crippen molar-refractivity contribution in [3.05, 3.63) is 0 Å². The van der Waals surface area contributed by atoms with Crippen molar-refractivity contribution in [2.24, 2.45) is 0 Å².